The summed E-state index contributed by atoms with van der Waals surface area (Å²) in [5.41, 5.74) is 0.797. The summed E-state index contributed by atoms with van der Waals surface area (Å²) < 4.78 is 44.2. The first-order chi connectivity index (χ1) is 13.6. The van der Waals surface area contributed by atoms with Crippen LogP contribution in [0.5, 0.6) is 0 Å². The number of alkyl halides is 1. The van der Waals surface area contributed by atoms with Crippen LogP contribution >= 0.6 is 0 Å². The fourth-order valence-electron chi connectivity index (χ4n) is 3.56. The molecule has 2 N–H and O–H groups in total. The van der Waals surface area contributed by atoms with Gasteiger partial charge in [-0.2, -0.15) is 0 Å². The highest BCUT2D eigenvalue weighted by atomic mass is 19.1. The van der Waals surface area contributed by atoms with E-state index in [0.29, 0.717) is 17.3 Å². The van der Waals surface area contributed by atoms with Gasteiger partial charge in [-0.25, -0.2) is 13.2 Å². The van der Waals surface area contributed by atoms with Gasteiger partial charge < -0.3 is 10.6 Å². The van der Waals surface area contributed by atoms with Crippen molar-refractivity contribution in [2.24, 2.45) is 0 Å². The van der Waals surface area contributed by atoms with Crippen LogP contribution < -0.4 is 10.6 Å². The van der Waals surface area contributed by atoms with Crippen LogP contribution in [0.1, 0.15) is 63.4 Å². The summed E-state index contributed by atoms with van der Waals surface area (Å²) in [7, 11) is 0. The second kappa shape index (κ2) is 8.09. The molecular weight excluding hydrogens is 375 g/mol. The molecule has 0 spiro atoms. The van der Waals surface area contributed by atoms with Crippen molar-refractivity contribution >= 4 is 0 Å². The van der Waals surface area contributed by atoms with Crippen molar-refractivity contribution in [1.29, 1.82) is 0 Å². The topological polar surface area (TPSA) is 37.0 Å². The fraction of sp³-hybridized carbons (Fsp3) is 0.435. The summed E-state index contributed by atoms with van der Waals surface area (Å²) >= 11 is 0. The number of hydrogen-bond acceptors (Lipinski definition) is 3. The molecule has 2 aromatic rings. The van der Waals surface area contributed by atoms with E-state index in [9.17, 15) is 13.2 Å². The zero-order valence-electron chi connectivity index (χ0n) is 17.5. The molecule has 0 saturated heterocycles. The molecule has 3 nitrogen and oxygen atoms in total. The smallest absolute Gasteiger partial charge is 0.133 e. The minimum absolute atomic E-state index is 0.0282. The number of aryl methyl sites for hydroxylation is 1. The Morgan fingerprint density at radius 2 is 1.93 bits per heavy atom. The SMILES string of the molecule is CCC1CC(NC(C)c2cc(F)c(-c3cc(C(C)(C)F)cc(C)n3)cc2F)=CN1. The van der Waals surface area contributed by atoms with Crippen molar-refractivity contribution in [2.75, 3.05) is 0 Å². The van der Waals surface area contributed by atoms with Crippen molar-refractivity contribution in [1.82, 2.24) is 15.6 Å². The molecule has 1 aliphatic rings. The first-order valence-corrected chi connectivity index (χ1v) is 9.97. The molecular formula is C23H28F3N3. The van der Waals surface area contributed by atoms with Crippen molar-refractivity contribution in [2.45, 2.75) is 65.2 Å². The summed E-state index contributed by atoms with van der Waals surface area (Å²) in [5.74, 6) is -1.11. The molecule has 0 fully saturated rings. The van der Waals surface area contributed by atoms with E-state index >= 15 is 0 Å². The number of aromatic nitrogens is 1. The average molecular weight is 403 g/mol. The van der Waals surface area contributed by atoms with Gasteiger partial charge in [-0.15, -0.1) is 0 Å². The number of benzene rings is 1. The molecule has 156 valence electrons. The second-order valence-corrected chi connectivity index (χ2v) is 8.22. The number of pyridine rings is 1. The molecule has 0 bridgehead atoms. The van der Waals surface area contributed by atoms with Gasteiger partial charge in [0, 0.05) is 41.2 Å². The number of halogens is 3. The minimum Gasteiger partial charge on any atom is -0.386 e. The highest BCUT2D eigenvalue weighted by Crippen LogP contribution is 2.32. The maximum atomic E-state index is 14.9. The third kappa shape index (κ3) is 4.74. The van der Waals surface area contributed by atoms with Crippen LogP contribution in [0.3, 0.4) is 0 Å². The van der Waals surface area contributed by atoms with Gasteiger partial charge in [0.15, 0.2) is 0 Å². The van der Waals surface area contributed by atoms with Crippen molar-refractivity contribution in [3.05, 3.63) is 64.6 Å². The van der Waals surface area contributed by atoms with E-state index in [1.54, 1.807) is 19.9 Å². The molecule has 1 aromatic carbocycles. The Morgan fingerprint density at radius 3 is 2.55 bits per heavy atom. The monoisotopic (exact) mass is 403 g/mol. The summed E-state index contributed by atoms with van der Waals surface area (Å²) in [6.45, 7) is 8.45. The number of nitrogens with one attached hydrogen (secondary N) is 2. The lowest BCUT2D eigenvalue weighted by Crippen LogP contribution is -2.20. The van der Waals surface area contributed by atoms with E-state index in [2.05, 4.69) is 22.5 Å². The molecule has 2 heterocycles. The maximum absolute atomic E-state index is 14.9. The lowest BCUT2D eigenvalue weighted by Gasteiger charge is -2.19. The van der Waals surface area contributed by atoms with E-state index in [4.69, 9.17) is 0 Å². The summed E-state index contributed by atoms with van der Waals surface area (Å²) in [6.07, 6.45) is 3.72. The number of rotatable bonds is 6. The molecule has 0 saturated carbocycles. The Hall–Kier alpha value is -2.50. The van der Waals surface area contributed by atoms with Gasteiger partial charge in [-0.05, 0) is 63.9 Å². The molecule has 29 heavy (non-hydrogen) atoms. The fourth-order valence-corrected chi connectivity index (χ4v) is 3.56. The molecule has 1 aliphatic heterocycles. The van der Waals surface area contributed by atoms with E-state index < -0.39 is 23.3 Å². The average Bonchev–Trinajstić information content (AvgIpc) is 3.09. The highest BCUT2D eigenvalue weighted by molar-refractivity contribution is 5.62. The van der Waals surface area contributed by atoms with Crippen LogP contribution in [-0.2, 0) is 5.67 Å². The molecule has 0 amide bonds. The van der Waals surface area contributed by atoms with Crippen LogP contribution in [-0.4, -0.2) is 11.0 Å². The Balaban J connectivity index is 1.89. The number of nitrogens with zero attached hydrogens (tertiary/aromatic N) is 1. The highest BCUT2D eigenvalue weighted by Gasteiger charge is 2.23. The molecule has 6 heteroatoms. The normalized spacial score (nSPS) is 17.7. The van der Waals surface area contributed by atoms with Gasteiger partial charge in [0.05, 0.1) is 11.7 Å². The molecule has 1 aromatic heterocycles. The van der Waals surface area contributed by atoms with E-state index in [1.807, 2.05) is 6.20 Å². The van der Waals surface area contributed by atoms with Crippen molar-refractivity contribution in [3.63, 3.8) is 0 Å². The minimum atomic E-state index is -1.60. The second-order valence-electron chi connectivity index (χ2n) is 8.22. The van der Waals surface area contributed by atoms with Gasteiger partial charge in [0.25, 0.3) is 0 Å². The molecule has 0 aliphatic carbocycles. The summed E-state index contributed by atoms with van der Waals surface area (Å²) in [6, 6.07) is 5.42. The van der Waals surface area contributed by atoms with Crippen LogP contribution in [0, 0.1) is 18.6 Å². The third-order valence-corrected chi connectivity index (χ3v) is 5.32. The van der Waals surface area contributed by atoms with Crippen LogP contribution in [0.2, 0.25) is 0 Å². The van der Waals surface area contributed by atoms with Gasteiger partial charge in [0.2, 0.25) is 0 Å². The van der Waals surface area contributed by atoms with Crippen LogP contribution in [0.4, 0.5) is 13.2 Å². The summed E-state index contributed by atoms with van der Waals surface area (Å²) in [4.78, 5) is 4.29. The zero-order chi connectivity index (χ0) is 21.3. The van der Waals surface area contributed by atoms with Gasteiger partial charge in [-0.3, -0.25) is 4.98 Å². The Bertz CT molecular complexity index is 932. The lowest BCUT2D eigenvalue weighted by molar-refractivity contribution is 0.221. The summed E-state index contributed by atoms with van der Waals surface area (Å²) in [5, 5.41) is 6.51. The Morgan fingerprint density at radius 1 is 1.21 bits per heavy atom. The third-order valence-electron chi connectivity index (χ3n) is 5.32. The standard InChI is InChI=1S/C23H28F3N3/c1-6-16-9-17(12-27-16)29-14(3)18-10-21(25)19(11-20(18)24)22-8-15(23(4,5)26)7-13(2)28-22/h7-8,10-12,14,16,27,29H,6,9H2,1-5H3. The molecule has 0 radical (unpaired) electrons. The van der Waals surface area contributed by atoms with Crippen LogP contribution in [0.25, 0.3) is 11.3 Å². The van der Waals surface area contributed by atoms with Crippen LogP contribution in [0.15, 0.2) is 36.2 Å². The predicted molar refractivity (Wildman–Crippen MR) is 110 cm³/mol. The Labute approximate surface area is 170 Å². The van der Waals surface area contributed by atoms with Gasteiger partial charge >= 0.3 is 0 Å². The maximum Gasteiger partial charge on any atom is 0.133 e. The van der Waals surface area contributed by atoms with Gasteiger partial charge in [0.1, 0.15) is 17.3 Å². The molecule has 2 unspecified atom stereocenters. The largest absolute Gasteiger partial charge is 0.386 e. The first kappa shape index (κ1) is 21.2. The molecule has 3 rings (SSSR count). The first-order valence-electron chi connectivity index (χ1n) is 9.97. The van der Waals surface area contributed by atoms with Gasteiger partial charge in [-0.1, -0.05) is 6.92 Å². The van der Waals surface area contributed by atoms with E-state index in [-0.39, 0.29) is 16.8 Å². The molecule has 2 atom stereocenters. The Kier molecular flexibility index (Phi) is 5.92. The van der Waals surface area contributed by atoms with Crippen molar-refractivity contribution in [3.8, 4) is 11.3 Å². The lowest BCUT2D eigenvalue weighted by atomic mass is 9.96. The quantitative estimate of drug-likeness (QED) is 0.640. The van der Waals surface area contributed by atoms with E-state index in [0.717, 1.165) is 24.6 Å². The van der Waals surface area contributed by atoms with Crippen molar-refractivity contribution < 1.29 is 13.2 Å². The van der Waals surface area contributed by atoms with E-state index in [1.165, 1.54) is 26.0 Å². The predicted octanol–water partition coefficient (Wildman–Crippen LogP) is 5.80. The number of hydrogen-bond donors (Lipinski definition) is 2. The zero-order valence-corrected chi connectivity index (χ0v) is 17.5.